The lowest BCUT2D eigenvalue weighted by molar-refractivity contribution is 0.0786. The molecule has 1 aromatic heterocycles. The van der Waals surface area contributed by atoms with E-state index in [-0.39, 0.29) is 5.91 Å². The number of amides is 1. The summed E-state index contributed by atoms with van der Waals surface area (Å²) in [5, 5.41) is 0.968. The number of hydrogen-bond acceptors (Lipinski definition) is 3. The summed E-state index contributed by atoms with van der Waals surface area (Å²) in [5.41, 5.74) is 7.98. The summed E-state index contributed by atoms with van der Waals surface area (Å²) in [4.78, 5) is 19.3. The molecule has 1 aromatic carbocycles. The Bertz CT molecular complexity index is 603. The minimum atomic E-state index is -0.000596. The first-order valence-electron chi connectivity index (χ1n) is 6.76. The number of H-pyrrole nitrogens is 1. The van der Waals surface area contributed by atoms with E-state index >= 15 is 0 Å². The number of rotatable bonds is 5. The molecule has 1 amide bonds. The van der Waals surface area contributed by atoms with E-state index < -0.39 is 0 Å². The van der Waals surface area contributed by atoms with E-state index in [0.717, 1.165) is 30.4 Å². The van der Waals surface area contributed by atoms with Crippen LogP contribution in [0.25, 0.3) is 10.9 Å². The second kappa shape index (κ2) is 5.96. The molecule has 0 atom stereocenters. The lowest BCUT2D eigenvalue weighted by Gasteiger charge is -2.17. The van der Waals surface area contributed by atoms with Crippen LogP contribution in [-0.4, -0.2) is 54.9 Å². The molecule has 20 heavy (non-hydrogen) atoms. The summed E-state index contributed by atoms with van der Waals surface area (Å²) < 4.78 is 0. The average molecular weight is 274 g/mol. The monoisotopic (exact) mass is 274 g/mol. The molecule has 0 spiro atoms. The number of aromatic nitrogens is 1. The van der Waals surface area contributed by atoms with E-state index in [4.69, 9.17) is 5.73 Å². The number of nitrogens with one attached hydrogen (secondary N) is 1. The van der Waals surface area contributed by atoms with Gasteiger partial charge in [0.25, 0.3) is 5.91 Å². The van der Waals surface area contributed by atoms with Gasteiger partial charge in [0.15, 0.2) is 0 Å². The van der Waals surface area contributed by atoms with Gasteiger partial charge in [-0.15, -0.1) is 0 Å². The lowest BCUT2D eigenvalue weighted by atomic mass is 10.2. The maximum atomic E-state index is 12.3. The van der Waals surface area contributed by atoms with Gasteiger partial charge in [0, 0.05) is 19.0 Å². The number of para-hydroxylation sites is 1. The minimum absolute atomic E-state index is 0.000596. The highest BCUT2D eigenvalue weighted by molar-refractivity contribution is 6.00. The molecular weight excluding hydrogens is 252 g/mol. The van der Waals surface area contributed by atoms with Gasteiger partial charge < -0.3 is 20.5 Å². The van der Waals surface area contributed by atoms with Crippen LogP contribution < -0.4 is 5.73 Å². The molecule has 0 bridgehead atoms. The molecule has 1 heterocycles. The van der Waals surface area contributed by atoms with Crippen LogP contribution in [0.2, 0.25) is 0 Å². The summed E-state index contributed by atoms with van der Waals surface area (Å²) in [5.74, 6) is -0.000596. The van der Waals surface area contributed by atoms with Gasteiger partial charge in [0.1, 0.15) is 5.69 Å². The SMILES string of the molecule is CN(C)CCCN(C)C(=O)c1cc2cccc(N)c2[nH]1. The number of nitrogens with two attached hydrogens (primary N) is 1. The maximum Gasteiger partial charge on any atom is 0.270 e. The molecule has 0 aliphatic carbocycles. The summed E-state index contributed by atoms with van der Waals surface area (Å²) in [6, 6.07) is 7.52. The zero-order chi connectivity index (χ0) is 14.7. The maximum absolute atomic E-state index is 12.3. The summed E-state index contributed by atoms with van der Waals surface area (Å²) in [6.07, 6.45) is 0.956. The third kappa shape index (κ3) is 3.11. The van der Waals surface area contributed by atoms with E-state index in [1.807, 2.05) is 45.4 Å². The predicted octanol–water partition coefficient (Wildman–Crippen LogP) is 1.77. The van der Waals surface area contributed by atoms with Crippen molar-refractivity contribution in [3.8, 4) is 0 Å². The van der Waals surface area contributed by atoms with Crippen LogP contribution in [0.4, 0.5) is 5.69 Å². The molecule has 3 N–H and O–H groups in total. The second-order valence-electron chi connectivity index (χ2n) is 5.38. The van der Waals surface area contributed by atoms with Crippen LogP contribution in [0.1, 0.15) is 16.9 Å². The molecule has 0 aliphatic heterocycles. The van der Waals surface area contributed by atoms with Gasteiger partial charge in [0.2, 0.25) is 0 Å². The average Bonchev–Trinajstić information content (AvgIpc) is 2.82. The van der Waals surface area contributed by atoms with Gasteiger partial charge in [-0.05, 0) is 39.2 Å². The molecule has 0 fully saturated rings. The Morgan fingerprint density at radius 2 is 2.00 bits per heavy atom. The van der Waals surface area contributed by atoms with Crippen LogP contribution in [0.5, 0.6) is 0 Å². The first-order chi connectivity index (χ1) is 9.49. The molecule has 0 aliphatic rings. The largest absolute Gasteiger partial charge is 0.397 e. The normalized spacial score (nSPS) is 11.2. The van der Waals surface area contributed by atoms with E-state index in [1.54, 1.807) is 4.90 Å². The fraction of sp³-hybridized carbons (Fsp3) is 0.400. The standard InChI is InChI=1S/C15H22N4O/c1-18(2)8-5-9-19(3)15(20)13-10-11-6-4-7-12(16)14(11)17-13/h4,6-7,10,17H,5,8-9,16H2,1-3H3. The molecule has 0 unspecified atom stereocenters. The van der Waals surface area contributed by atoms with Crippen LogP contribution in [0.15, 0.2) is 24.3 Å². The number of hydrogen-bond donors (Lipinski definition) is 2. The molecule has 5 nitrogen and oxygen atoms in total. The fourth-order valence-corrected chi connectivity index (χ4v) is 2.23. The van der Waals surface area contributed by atoms with Crippen molar-refractivity contribution in [2.75, 3.05) is 40.0 Å². The van der Waals surface area contributed by atoms with Gasteiger partial charge in [-0.1, -0.05) is 12.1 Å². The highest BCUT2D eigenvalue weighted by Gasteiger charge is 2.14. The Kier molecular flexibility index (Phi) is 4.29. The van der Waals surface area contributed by atoms with Crippen molar-refractivity contribution in [1.82, 2.24) is 14.8 Å². The Hall–Kier alpha value is -2.01. The Balaban J connectivity index is 2.09. The molecule has 0 radical (unpaired) electrons. The zero-order valence-corrected chi connectivity index (χ0v) is 12.3. The topological polar surface area (TPSA) is 65.4 Å². The van der Waals surface area contributed by atoms with Crippen molar-refractivity contribution < 1.29 is 4.79 Å². The van der Waals surface area contributed by atoms with Gasteiger partial charge in [-0.2, -0.15) is 0 Å². The highest BCUT2D eigenvalue weighted by Crippen LogP contribution is 2.21. The molecule has 5 heteroatoms. The van der Waals surface area contributed by atoms with Crippen molar-refractivity contribution >= 4 is 22.5 Å². The zero-order valence-electron chi connectivity index (χ0n) is 12.3. The number of fused-ring (bicyclic) bond motifs is 1. The fourth-order valence-electron chi connectivity index (χ4n) is 2.23. The Morgan fingerprint density at radius 1 is 1.25 bits per heavy atom. The smallest absolute Gasteiger partial charge is 0.270 e. The summed E-state index contributed by atoms with van der Waals surface area (Å²) in [7, 11) is 5.89. The molecule has 2 rings (SSSR count). The van der Waals surface area contributed by atoms with Crippen LogP contribution in [0, 0.1) is 0 Å². The van der Waals surface area contributed by atoms with Crippen molar-refractivity contribution in [2.45, 2.75) is 6.42 Å². The Morgan fingerprint density at radius 3 is 2.65 bits per heavy atom. The number of nitrogens with zero attached hydrogens (tertiary/aromatic N) is 2. The number of nitrogen functional groups attached to an aromatic ring is 1. The van der Waals surface area contributed by atoms with Crippen LogP contribution >= 0.6 is 0 Å². The van der Waals surface area contributed by atoms with Crippen LogP contribution in [0.3, 0.4) is 0 Å². The predicted molar refractivity (Wildman–Crippen MR) is 82.8 cm³/mol. The molecular formula is C15H22N4O. The van der Waals surface area contributed by atoms with Gasteiger partial charge in [-0.25, -0.2) is 0 Å². The molecule has 0 saturated heterocycles. The first-order valence-corrected chi connectivity index (χ1v) is 6.76. The van der Waals surface area contributed by atoms with E-state index in [0.29, 0.717) is 11.4 Å². The molecule has 0 saturated carbocycles. The van der Waals surface area contributed by atoms with Crippen molar-refractivity contribution in [2.24, 2.45) is 0 Å². The van der Waals surface area contributed by atoms with Gasteiger partial charge >= 0.3 is 0 Å². The van der Waals surface area contributed by atoms with Gasteiger partial charge in [-0.3, -0.25) is 4.79 Å². The van der Waals surface area contributed by atoms with E-state index in [9.17, 15) is 4.79 Å². The highest BCUT2D eigenvalue weighted by atomic mass is 16.2. The first kappa shape index (κ1) is 14.4. The van der Waals surface area contributed by atoms with Crippen molar-refractivity contribution in [3.05, 3.63) is 30.0 Å². The number of benzene rings is 1. The molecule has 2 aromatic rings. The third-order valence-corrected chi connectivity index (χ3v) is 3.36. The summed E-state index contributed by atoms with van der Waals surface area (Å²) >= 11 is 0. The van der Waals surface area contributed by atoms with E-state index in [2.05, 4.69) is 9.88 Å². The third-order valence-electron chi connectivity index (χ3n) is 3.36. The van der Waals surface area contributed by atoms with E-state index in [1.165, 1.54) is 0 Å². The minimum Gasteiger partial charge on any atom is -0.397 e. The van der Waals surface area contributed by atoms with Crippen LogP contribution in [-0.2, 0) is 0 Å². The van der Waals surface area contributed by atoms with Crippen molar-refractivity contribution in [1.29, 1.82) is 0 Å². The molecule has 108 valence electrons. The number of carbonyl (C=O) groups is 1. The Labute approximate surface area is 119 Å². The summed E-state index contributed by atoms with van der Waals surface area (Å²) in [6.45, 7) is 1.71. The van der Waals surface area contributed by atoms with Crippen molar-refractivity contribution in [3.63, 3.8) is 0 Å². The number of anilines is 1. The number of aromatic amines is 1. The quantitative estimate of drug-likeness (QED) is 0.817. The second-order valence-corrected chi connectivity index (χ2v) is 5.38. The van der Waals surface area contributed by atoms with Gasteiger partial charge in [0.05, 0.1) is 11.2 Å². The number of carbonyl (C=O) groups excluding carboxylic acids is 1. The lowest BCUT2D eigenvalue weighted by Crippen LogP contribution is -2.29.